The summed E-state index contributed by atoms with van der Waals surface area (Å²) in [5.74, 6) is 0.793. The second-order valence-electron chi connectivity index (χ2n) is 4.65. The van der Waals surface area contributed by atoms with E-state index in [9.17, 15) is 4.79 Å². The molecular formula is C12H24N2O2. The van der Waals surface area contributed by atoms with Crippen molar-refractivity contribution >= 4 is 6.41 Å². The van der Waals surface area contributed by atoms with Crippen molar-refractivity contribution in [3.05, 3.63) is 0 Å². The summed E-state index contributed by atoms with van der Waals surface area (Å²) in [4.78, 5) is 14.6. The summed E-state index contributed by atoms with van der Waals surface area (Å²) >= 11 is 0. The molecule has 16 heavy (non-hydrogen) atoms. The van der Waals surface area contributed by atoms with Gasteiger partial charge in [0.15, 0.2) is 0 Å². The van der Waals surface area contributed by atoms with Crippen LogP contribution in [0.5, 0.6) is 0 Å². The van der Waals surface area contributed by atoms with Gasteiger partial charge in [0.1, 0.15) is 0 Å². The fourth-order valence-corrected chi connectivity index (χ4v) is 2.16. The smallest absolute Gasteiger partial charge is 0.209 e. The Labute approximate surface area is 98.5 Å². The molecule has 0 unspecified atom stereocenters. The Bertz CT molecular complexity index is 191. The Morgan fingerprint density at radius 1 is 1.44 bits per heavy atom. The maximum atomic E-state index is 10.5. The first-order chi connectivity index (χ1) is 7.76. The largest absolute Gasteiger partial charge is 0.383 e. The average molecular weight is 228 g/mol. The number of nitrogens with zero attached hydrogens (tertiary/aromatic N) is 2. The number of hydrogen-bond donors (Lipinski definition) is 0. The molecular weight excluding hydrogens is 204 g/mol. The van der Waals surface area contributed by atoms with Crippen LogP contribution in [-0.2, 0) is 9.53 Å². The molecule has 1 saturated heterocycles. The normalized spacial score (nSPS) is 18.6. The van der Waals surface area contributed by atoms with E-state index in [1.54, 1.807) is 12.0 Å². The third kappa shape index (κ3) is 4.94. The molecule has 0 aliphatic carbocycles. The van der Waals surface area contributed by atoms with Gasteiger partial charge in [-0.3, -0.25) is 4.79 Å². The molecule has 1 fully saturated rings. The van der Waals surface area contributed by atoms with Crippen LogP contribution in [0.4, 0.5) is 0 Å². The molecule has 1 heterocycles. The molecule has 0 bridgehead atoms. The summed E-state index contributed by atoms with van der Waals surface area (Å²) in [6, 6.07) is 0. The molecule has 0 aromatic heterocycles. The van der Waals surface area contributed by atoms with Crippen LogP contribution in [0.1, 0.15) is 19.3 Å². The summed E-state index contributed by atoms with van der Waals surface area (Å²) < 4.78 is 5.08. The van der Waals surface area contributed by atoms with Crippen molar-refractivity contribution in [3.8, 4) is 0 Å². The molecule has 0 aromatic carbocycles. The lowest BCUT2D eigenvalue weighted by molar-refractivity contribution is -0.117. The SMILES string of the molecule is COCCN1CCC(CCN(C)C=O)CC1. The molecule has 0 N–H and O–H groups in total. The highest BCUT2D eigenvalue weighted by Crippen LogP contribution is 2.20. The molecule has 1 aliphatic rings. The fourth-order valence-electron chi connectivity index (χ4n) is 2.16. The Balaban J connectivity index is 2.09. The molecule has 0 radical (unpaired) electrons. The first kappa shape index (κ1) is 13.5. The van der Waals surface area contributed by atoms with Crippen molar-refractivity contribution in [2.75, 3.05) is 46.9 Å². The molecule has 4 nitrogen and oxygen atoms in total. The Kier molecular flexibility index (Phi) is 6.42. The number of likely N-dealkylation sites (tertiary alicyclic amines) is 1. The Hall–Kier alpha value is -0.610. The highest BCUT2D eigenvalue weighted by atomic mass is 16.5. The lowest BCUT2D eigenvalue weighted by Gasteiger charge is -2.32. The number of ether oxygens (including phenoxy) is 1. The Morgan fingerprint density at radius 2 is 2.12 bits per heavy atom. The highest BCUT2D eigenvalue weighted by Gasteiger charge is 2.18. The molecule has 4 heteroatoms. The van der Waals surface area contributed by atoms with Gasteiger partial charge in [-0.2, -0.15) is 0 Å². The zero-order valence-corrected chi connectivity index (χ0v) is 10.5. The van der Waals surface area contributed by atoms with Gasteiger partial charge in [-0.1, -0.05) is 0 Å². The van der Waals surface area contributed by atoms with Crippen LogP contribution >= 0.6 is 0 Å². The maximum Gasteiger partial charge on any atom is 0.209 e. The fraction of sp³-hybridized carbons (Fsp3) is 0.917. The predicted octanol–water partition coefficient (Wildman–Crippen LogP) is 0.823. The number of piperidine rings is 1. The van der Waals surface area contributed by atoms with Gasteiger partial charge in [-0.25, -0.2) is 0 Å². The monoisotopic (exact) mass is 228 g/mol. The van der Waals surface area contributed by atoms with E-state index in [-0.39, 0.29) is 0 Å². The van der Waals surface area contributed by atoms with Gasteiger partial charge in [0.05, 0.1) is 6.61 Å². The highest BCUT2D eigenvalue weighted by molar-refractivity contribution is 5.46. The minimum Gasteiger partial charge on any atom is -0.383 e. The summed E-state index contributed by atoms with van der Waals surface area (Å²) in [6.07, 6.45) is 4.58. The first-order valence-corrected chi connectivity index (χ1v) is 6.13. The minimum atomic E-state index is 0.793. The Morgan fingerprint density at radius 3 is 2.69 bits per heavy atom. The maximum absolute atomic E-state index is 10.5. The molecule has 94 valence electrons. The van der Waals surface area contributed by atoms with Gasteiger partial charge >= 0.3 is 0 Å². The van der Waals surface area contributed by atoms with Crippen LogP contribution in [-0.4, -0.2) is 63.2 Å². The molecule has 0 aromatic rings. The van der Waals surface area contributed by atoms with Crippen molar-refractivity contribution in [3.63, 3.8) is 0 Å². The van der Waals surface area contributed by atoms with Crippen molar-refractivity contribution in [2.45, 2.75) is 19.3 Å². The van der Waals surface area contributed by atoms with Crippen LogP contribution in [0.2, 0.25) is 0 Å². The molecule has 0 atom stereocenters. The van der Waals surface area contributed by atoms with Crippen molar-refractivity contribution in [2.24, 2.45) is 5.92 Å². The predicted molar refractivity (Wildman–Crippen MR) is 64.4 cm³/mol. The van der Waals surface area contributed by atoms with Crippen molar-refractivity contribution in [1.82, 2.24) is 9.80 Å². The average Bonchev–Trinajstić information content (AvgIpc) is 2.34. The zero-order valence-electron chi connectivity index (χ0n) is 10.5. The van der Waals surface area contributed by atoms with Gasteiger partial charge in [0.25, 0.3) is 0 Å². The van der Waals surface area contributed by atoms with E-state index in [0.717, 1.165) is 38.4 Å². The third-order valence-electron chi connectivity index (χ3n) is 3.39. The van der Waals surface area contributed by atoms with Gasteiger partial charge < -0.3 is 14.5 Å². The van der Waals surface area contributed by atoms with Crippen LogP contribution in [0.3, 0.4) is 0 Å². The number of rotatable bonds is 7. The van der Waals surface area contributed by atoms with Gasteiger partial charge in [-0.05, 0) is 38.3 Å². The molecule has 0 saturated carbocycles. The van der Waals surface area contributed by atoms with Crippen LogP contribution in [0, 0.1) is 5.92 Å². The minimum absolute atomic E-state index is 0.793. The van der Waals surface area contributed by atoms with E-state index in [4.69, 9.17) is 4.74 Å². The number of carbonyl (C=O) groups excluding carboxylic acids is 1. The van der Waals surface area contributed by atoms with Gasteiger partial charge in [0.2, 0.25) is 6.41 Å². The number of hydrogen-bond acceptors (Lipinski definition) is 3. The van der Waals surface area contributed by atoms with Crippen LogP contribution in [0.15, 0.2) is 0 Å². The van der Waals surface area contributed by atoms with E-state index >= 15 is 0 Å². The van der Waals surface area contributed by atoms with Crippen LogP contribution < -0.4 is 0 Å². The third-order valence-corrected chi connectivity index (χ3v) is 3.39. The van der Waals surface area contributed by atoms with Crippen molar-refractivity contribution in [1.29, 1.82) is 0 Å². The van der Waals surface area contributed by atoms with E-state index in [2.05, 4.69) is 4.90 Å². The summed E-state index contributed by atoms with van der Waals surface area (Å²) in [6.45, 7) is 5.14. The summed E-state index contributed by atoms with van der Waals surface area (Å²) in [7, 11) is 3.60. The van der Waals surface area contributed by atoms with E-state index in [1.165, 1.54) is 25.9 Å². The van der Waals surface area contributed by atoms with E-state index in [1.807, 2.05) is 7.05 Å². The molecule has 0 spiro atoms. The number of amides is 1. The number of carbonyl (C=O) groups is 1. The topological polar surface area (TPSA) is 32.8 Å². The van der Waals surface area contributed by atoms with E-state index in [0.29, 0.717) is 0 Å². The molecule has 1 aliphatic heterocycles. The second kappa shape index (κ2) is 7.63. The molecule has 1 amide bonds. The quantitative estimate of drug-likeness (QED) is 0.605. The lowest BCUT2D eigenvalue weighted by atomic mass is 9.93. The summed E-state index contributed by atoms with van der Waals surface area (Å²) in [5.41, 5.74) is 0. The summed E-state index contributed by atoms with van der Waals surface area (Å²) in [5, 5.41) is 0. The zero-order chi connectivity index (χ0) is 11.8. The molecule has 1 rings (SSSR count). The second-order valence-corrected chi connectivity index (χ2v) is 4.65. The van der Waals surface area contributed by atoms with E-state index < -0.39 is 0 Å². The first-order valence-electron chi connectivity index (χ1n) is 6.13. The van der Waals surface area contributed by atoms with Gasteiger partial charge in [-0.15, -0.1) is 0 Å². The van der Waals surface area contributed by atoms with Crippen LogP contribution in [0.25, 0.3) is 0 Å². The van der Waals surface area contributed by atoms with Gasteiger partial charge in [0, 0.05) is 27.2 Å². The lowest BCUT2D eigenvalue weighted by Crippen LogP contribution is -2.36. The number of methoxy groups -OCH3 is 1. The standard InChI is InChI=1S/C12H24N2O2/c1-13(11-15)6-3-12-4-7-14(8-5-12)9-10-16-2/h11-12H,3-10H2,1-2H3. The van der Waals surface area contributed by atoms with Crippen molar-refractivity contribution < 1.29 is 9.53 Å².